The Morgan fingerprint density at radius 3 is 2.93 bits per heavy atom. The molecule has 27 heavy (non-hydrogen) atoms. The predicted molar refractivity (Wildman–Crippen MR) is 107 cm³/mol. The first kappa shape index (κ1) is 19.4. The zero-order chi connectivity index (χ0) is 19.6. The second-order valence-corrected chi connectivity index (χ2v) is 7.76. The summed E-state index contributed by atoms with van der Waals surface area (Å²) < 4.78 is 0. The molecule has 0 saturated heterocycles. The average molecular weight is 407 g/mol. The molecule has 2 amide bonds. The molecule has 142 valence electrons. The molecular weight excluding hydrogens is 388 g/mol. The molecule has 3 N–H and O–H groups in total. The first-order valence-corrected chi connectivity index (χ1v) is 9.89. The molecule has 1 aliphatic rings. The van der Waals surface area contributed by atoms with Gasteiger partial charge in [0.15, 0.2) is 5.16 Å². The smallest absolute Gasteiger partial charge is 0.257 e. The molecule has 0 spiro atoms. The molecule has 0 bridgehead atoms. The molecule has 1 aliphatic heterocycles. The molecule has 0 saturated carbocycles. The van der Waals surface area contributed by atoms with Crippen molar-refractivity contribution in [3.05, 3.63) is 44.7 Å². The second kappa shape index (κ2) is 8.14. The summed E-state index contributed by atoms with van der Waals surface area (Å²) >= 11 is 7.38. The van der Waals surface area contributed by atoms with Crippen LogP contribution < -0.4 is 16.2 Å². The van der Waals surface area contributed by atoms with Crippen LogP contribution >= 0.6 is 23.4 Å². The molecule has 2 heterocycles. The third-order valence-corrected chi connectivity index (χ3v) is 5.46. The van der Waals surface area contributed by atoms with Gasteiger partial charge in [-0.15, -0.1) is 0 Å². The summed E-state index contributed by atoms with van der Waals surface area (Å²) in [5.74, 6) is -0.786. The summed E-state index contributed by atoms with van der Waals surface area (Å²) in [5, 5.41) is 6.28. The summed E-state index contributed by atoms with van der Waals surface area (Å²) in [6.07, 6.45) is 0.798. The van der Waals surface area contributed by atoms with E-state index in [2.05, 4.69) is 20.6 Å². The molecule has 1 aromatic carbocycles. The molecule has 9 heteroatoms. The quantitative estimate of drug-likeness (QED) is 0.522. The fraction of sp³-hybridized carbons (Fsp3) is 0.333. The monoisotopic (exact) mass is 406 g/mol. The second-order valence-electron chi connectivity index (χ2n) is 6.24. The van der Waals surface area contributed by atoms with Gasteiger partial charge >= 0.3 is 0 Å². The van der Waals surface area contributed by atoms with Crippen molar-refractivity contribution in [3.8, 4) is 0 Å². The van der Waals surface area contributed by atoms with Crippen molar-refractivity contribution in [1.29, 1.82) is 0 Å². The number of hydrogen-bond acceptors (Lipinski definition) is 5. The van der Waals surface area contributed by atoms with Crippen LogP contribution in [-0.2, 0) is 9.59 Å². The van der Waals surface area contributed by atoms with Crippen molar-refractivity contribution in [1.82, 2.24) is 9.97 Å². The number of anilines is 2. The summed E-state index contributed by atoms with van der Waals surface area (Å²) in [4.78, 5) is 44.5. The maximum absolute atomic E-state index is 12.8. The normalized spacial score (nSPS) is 15.8. The Balaban J connectivity index is 1.93. The largest absolute Gasteiger partial charge is 0.325 e. The van der Waals surface area contributed by atoms with Gasteiger partial charge in [0, 0.05) is 22.9 Å². The minimum absolute atomic E-state index is 0.120. The third kappa shape index (κ3) is 4.33. The number of carbonyl (C=O) groups is 2. The fourth-order valence-electron chi connectivity index (χ4n) is 2.79. The molecule has 0 aliphatic carbocycles. The van der Waals surface area contributed by atoms with E-state index in [1.807, 2.05) is 13.8 Å². The Morgan fingerprint density at radius 2 is 2.19 bits per heavy atom. The van der Waals surface area contributed by atoms with Gasteiger partial charge in [0.2, 0.25) is 11.8 Å². The number of nitrogens with one attached hydrogen (secondary N) is 3. The van der Waals surface area contributed by atoms with Crippen molar-refractivity contribution in [2.75, 3.05) is 16.4 Å². The lowest BCUT2D eigenvalue weighted by molar-refractivity contribution is -0.123. The van der Waals surface area contributed by atoms with E-state index in [-0.39, 0.29) is 23.7 Å². The molecular formula is C18H19ClN4O3S. The highest BCUT2D eigenvalue weighted by Gasteiger charge is 2.34. The summed E-state index contributed by atoms with van der Waals surface area (Å²) in [6.45, 7) is 3.85. The lowest BCUT2D eigenvalue weighted by Gasteiger charge is -2.23. The third-order valence-electron chi connectivity index (χ3n) is 4.15. The van der Waals surface area contributed by atoms with Crippen LogP contribution in [0.3, 0.4) is 0 Å². The van der Waals surface area contributed by atoms with Gasteiger partial charge in [-0.05, 0) is 31.0 Å². The zero-order valence-electron chi connectivity index (χ0n) is 14.9. The van der Waals surface area contributed by atoms with Gasteiger partial charge in [-0.1, -0.05) is 36.4 Å². The van der Waals surface area contributed by atoms with Crippen LogP contribution in [0.2, 0.25) is 5.02 Å². The van der Waals surface area contributed by atoms with E-state index >= 15 is 0 Å². The highest BCUT2D eigenvalue weighted by molar-refractivity contribution is 7.99. The SMILES string of the molecule is CCCSc1nc2c(c(=O)[nH]1)[C@@H](C(=O)Nc1cc(Cl)ccc1C)CC(=O)N2. The van der Waals surface area contributed by atoms with E-state index in [4.69, 9.17) is 11.6 Å². The highest BCUT2D eigenvalue weighted by Crippen LogP contribution is 2.31. The molecule has 3 rings (SSSR count). The number of amides is 2. The lowest BCUT2D eigenvalue weighted by Crippen LogP contribution is -2.36. The van der Waals surface area contributed by atoms with E-state index in [1.165, 1.54) is 11.8 Å². The van der Waals surface area contributed by atoms with Gasteiger partial charge in [-0.2, -0.15) is 0 Å². The van der Waals surface area contributed by atoms with Gasteiger partial charge in [0.05, 0.1) is 11.5 Å². The van der Waals surface area contributed by atoms with Gasteiger partial charge in [-0.3, -0.25) is 14.4 Å². The molecule has 0 fully saturated rings. The van der Waals surface area contributed by atoms with Crippen LogP contribution in [0.1, 0.15) is 36.8 Å². The van der Waals surface area contributed by atoms with Gasteiger partial charge in [-0.25, -0.2) is 4.98 Å². The van der Waals surface area contributed by atoms with Gasteiger partial charge in [0.1, 0.15) is 5.82 Å². The Morgan fingerprint density at radius 1 is 1.41 bits per heavy atom. The number of aromatic amines is 1. The molecule has 7 nitrogen and oxygen atoms in total. The highest BCUT2D eigenvalue weighted by atomic mass is 35.5. The van der Waals surface area contributed by atoms with Crippen molar-refractivity contribution in [2.45, 2.75) is 37.8 Å². The number of aromatic nitrogens is 2. The fourth-order valence-corrected chi connectivity index (χ4v) is 3.68. The number of hydrogen-bond donors (Lipinski definition) is 3. The Kier molecular flexibility index (Phi) is 5.86. The van der Waals surface area contributed by atoms with Crippen molar-refractivity contribution < 1.29 is 9.59 Å². The number of carbonyl (C=O) groups excluding carboxylic acids is 2. The lowest BCUT2D eigenvalue weighted by atomic mass is 9.92. The number of rotatable bonds is 5. The van der Waals surface area contributed by atoms with Crippen LogP contribution in [-0.4, -0.2) is 27.5 Å². The zero-order valence-corrected chi connectivity index (χ0v) is 16.5. The van der Waals surface area contributed by atoms with E-state index in [0.29, 0.717) is 15.9 Å². The van der Waals surface area contributed by atoms with Crippen molar-refractivity contribution in [3.63, 3.8) is 0 Å². The summed E-state index contributed by atoms with van der Waals surface area (Å²) in [5.41, 5.74) is 1.13. The number of thioether (sulfide) groups is 1. The van der Waals surface area contributed by atoms with E-state index < -0.39 is 17.4 Å². The van der Waals surface area contributed by atoms with Crippen LogP contribution in [0.4, 0.5) is 11.5 Å². The maximum atomic E-state index is 12.8. The van der Waals surface area contributed by atoms with E-state index in [9.17, 15) is 14.4 Å². The van der Waals surface area contributed by atoms with Crippen LogP contribution in [0, 0.1) is 6.92 Å². The molecule has 1 atom stereocenters. The maximum Gasteiger partial charge on any atom is 0.257 e. The standard InChI is InChI=1S/C18H19ClN4O3S/c1-3-6-27-18-22-15-14(17(26)23-18)11(8-13(24)21-15)16(25)20-12-7-10(19)5-4-9(12)2/h4-5,7,11H,3,6,8H2,1-2H3,(H,20,25)(H2,21,22,23,24,26)/t11-/m0/s1. The van der Waals surface area contributed by atoms with Crippen LogP contribution in [0.5, 0.6) is 0 Å². The molecule has 2 aromatic rings. The van der Waals surface area contributed by atoms with E-state index in [0.717, 1.165) is 17.7 Å². The Labute approximate surface area is 165 Å². The average Bonchev–Trinajstić information content (AvgIpc) is 2.61. The number of H-pyrrole nitrogens is 1. The van der Waals surface area contributed by atoms with Gasteiger partial charge in [0.25, 0.3) is 5.56 Å². The van der Waals surface area contributed by atoms with Gasteiger partial charge < -0.3 is 15.6 Å². The number of aryl methyl sites for hydroxylation is 1. The van der Waals surface area contributed by atoms with Crippen molar-refractivity contribution >= 4 is 46.7 Å². The minimum Gasteiger partial charge on any atom is -0.325 e. The first-order chi connectivity index (χ1) is 12.9. The molecule has 1 aromatic heterocycles. The van der Waals surface area contributed by atoms with Crippen LogP contribution in [0.25, 0.3) is 0 Å². The number of halogens is 1. The minimum atomic E-state index is -0.923. The Hall–Kier alpha value is -2.32. The van der Waals surface area contributed by atoms with Crippen LogP contribution in [0.15, 0.2) is 28.2 Å². The van der Waals surface area contributed by atoms with Crippen molar-refractivity contribution in [2.24, 2.45) is 0 Å². The number of benzene rings is 1. The Bertz CT molecular complexity index is 960. The topological polar surface area (TPSA) is 104 Å². The molecule has 0 radical (unpaired) electrons. The predicted octanol–water partition coefficient (Wildman–Crippen LogP) is 3.30. The first-order valence-electron chi connectivity index (χ1n) is 8.53. The molecule has 0 unspecified atom stereocenters. The summed E-state index contributed by atoms with van der Waals surface area (Å²) in [7, 11) is 0. The summed E-state index contributed by atoms with van der Waals surface area (Å²) in [6, 6.07) is 5.14. The number of fused-ring (bicyclic) bond motifs is 1. The number of nitrogens with zero attached hydrogens (tertiary/aromatic N) is 1. The van der Waals surface area contributed by atoms with E-state index in [1.54, 1.807) is 18.2 Å².